The van der Waals surface area contributed by atoms with Crippen LogP contribution >= 0.6 is 27.7 Å². The minimum atomic E-state index is -0.858. The van der Waals surface area contributed by atoms with Gasteiger partial charge in [-0.2, -0.15) is 0 Å². The molecule has 0 atom stereocenters. The van der Waals surface area contributed by atoms with Crippen LogP contribution in [0.15, 0.2) is 50.7 Å². The second kappa shape index (κ2) is 5.06. The van der Waals surface area contributed by atoms with E-state index >= 15 is 0 Å². The first-order valence-electron chi connectivity index (χ1n) is 4.74. The highest BCUT2D eigenvalue weighted by atomic mass is 79.9. The molecule has 0 saturated carbocycles. The van der Waals surface area contributed by atoms with Crippen molar-refractivity contribution in [1.29, 1.82) is 0 Å². The van der Waals surface area contributed by atoms with Crippen molar-refractivity contribution in [2.75, 3.05) is 5.73 Å². The number of nitrogen functional groups attached to an aromatic ring is 1. The topological polar surface area (TPSA) is 26.0 Å². The van der Waals surface area contributed by atoms with E-state index in [9.17, 15) is 8.78 Å². The highest BCUT2D eigenvalue weighted by molar-refractivity contribution is 9.10. The first-order chi connectivity index (χ1) is 8.06. The molecule has 2 rings (SSSR count). The fourth-order valence-electron chi connectivity index (χ4n) is 1.26. The van der Waals surface area contributed by atoms with Gasteiger partial charge in [0.05, 0.1) is 0 Å². The first-order valence-corrected chi connectivity index (χ1v) is 6.35. The van der Waals surface area contributed by atoms with Crippen molar-refractivity contribution >= 4 is 33.4 Å². The summed E-state index contributed by atoms with van der Waals surface area (Å²) in [5.74, 6) is -1.71. The molecule has 0 amide bonds. The Kier molecular flexibility index (Phi) is 3.69. The molecule has 0 bridgehead atoms. The second-order valence-corrected chi connectivity index (χ2v) is 5.39. The van der Waals surface area contributed by atoms with Crippen molar-refractivity contribution in [3.05, 3.63) is 52.5 Å². The molecule has 0 saturated heterocycles. The molecule has 88 valence electrons. The maximum Gasteiger partial charge on any atom is 0.159 e. The molecule has 0 heterocycles. The zero-order valence-corrected chi connectivity index (χ0v) is 11.0. The largest absolute Gasteiger partial charge is 0.398 e. The van der Waals surface area contributed by atoms with Crippen molar-refractivity contribution in [3.63, 3.8) is 0 Å². The third-order valence-corrected chi connectivity index (χ3v) is 3.65. The molecule has 2 aromatic rings. The van der Waals surface area contributed by atoms with Crippen LogP contribution in [-0.2, 0) is 0 Å². The number of halogens is 3. The molecule has 0 aliphatic heterocycles. The van der Waals surface area contributed by atoms with Gasteiger partial charge < -0.3 is 5.73 Å². The number of hydrogen-bond acceptors (Lipinski definition) is 2. The molecule has 0 fully saturated rings. The van der Waals surface area contributed by atoms with Crippen molar-refractivity contribution in [1.82, 2.24) is 0 Å². The lowest BCUT2D eigenvalue weighted by atomic mass is 10.3. The lowest BCUT2D eigenvalue weighted by Crippen LogP contribution is -1.89. The maximum atomic E-state index is 13.0. The minimum Gasteiger partial charge on any atom is -0.398 e. The Morgan fingerprint density at radius 2 is 1.76 bits per heavy atom. The van der Waals surface area contributed by atoms with E-state index in [2.05, 4.69) is 15.9 Å². The number of benzene rings is 2. The monoisotopic (exact) mass is 315 g/mol. The zero-order valence-electron chi connectivity index (χ0n) is 8.58. The van der Waals surface area contributed by atoms with Crippen LogP contribution in [0, 0.1) is 11.6 Å². The quantitative estimate of drug-likeness (QED) is 0.828. The lowest BCUT2D eigenvalue weighted by molar-refractivity contribution is 0.506. The highest BCUT2D eigenvalue weighted by Gasteiger charge is 2.06. The van der Waals surface area contributed by atoms with Crippen LogP contribution in [-0.4, -0.2) is 0 Å². The standard InChI is InChI=1S/C12H8BrF2NS/c13-7-1-4-11(16)12(5-7)17-8-2-3-9(14)10(15)6-8/h1-6H,16H2. The molecule has 2 N–H and O–H groups in total. The van der Waals surface area contributed by atoms with Gasteiger partial charge in [0.2, 0.25) is 0 Å². The number of rotatable bonds is 2. The first kappa shape index (κ1) is 12.4. The van der Waals surface area contributed by atoms with E-state index in [0.717, 1.165) is 21.5 Å². The smallest absolute Gasteiger partial charge is 0.159 e. The third-order valence-electron chi connectivity index (χ3n) is 2.09. The molecule has 1 nitrogen and oxygen atoms in total. The van der Waals surface area contributed by atoms with Crippen LogP contribution in [0.1, 0.15) is 0 Å². The van der Waals surface area contributed by atoms with Crippen molar-refractivity contribution < 1.29 is 8.78 Å². The van der Waals surface area contributed by atoms with Gasteiger partial charge in [0, 0.05) is 20.0 Å². The van der Waals surface area contributed by atoms with Crippen LogP contribution in [0.4, 0.5) is 14.5 Å². The summed E-state index contributed by atoms with van der Waals surface area (Å²) < 4.78 is 26.7. The van der Waals surface area contributed by atoms with Crippen molar-refractivity contribution in [2.45, 2.75) is 9.79 Å². The van der Waals surface area contributed by atoms with E-state index in [0.29, 0.717) is 10.6 Å². The third kappa shape index (κ3) is 2.98. The van der Waals surface area contributed by atoms with Gasteiger partial charge in [-0.3, -0.25) is 0 Å². The second-order valence-electron chi connectivity index (χ2n) is 3.36. The lowest BCUT2D eigenvalue weighted by Gasteiger charge is -2.06. The van der Waals surface area contributed by atoms with Crippen LogP contribution in [0.2, 0.25) is 0 Å². The molecule has 2 aromatic carbocycles. The number of nitrogens with two attached hydrogens (primary N) is 1. The Bertz CT molecular complexity index is 560. The summed E-state index contributed by atoms with van der Waals surface area (Å²) in [6.45, 7) is 0. The van der Waals surface area contributed by atoms with Gasteiger partial charge in [-0.25, -0.2) is 8.78 Å². The molecule has 0 radical (unpaired) electrons. The van der Waals surface area contributed by atoms with Crippen molar-refractivity contribution in [3.8, 4) is 0 Å². The average Bonchev–Trinajstić information content (AvgIpc) is 2.29. The maximum absolute atomic E-state index is 13.0. The summed E-state index contributed by atoms with van der Waals surface area (Å²) in [5, 5.41) is 0. The van der Waals surface area contributed by atoms with E-state index in [1.807, 2.05) is 12.1 Å². The Balaban J connectivity index is 2.31. The van der Waals surface area contributed by atoms with E-state index in [1.54, 1.807) is 6.07 Å². The molecule has 5 heteroatoms. The van der Waals surface area contributed by atoms with Crippen molar-refractivity contribution in [2.24, 2.45) is 0 Å². The Labute approximate surface area is 110 Å². The summed E-state index contributed by atoms with van der Waals surface area (Å²) in [6, 6.07) is 9.19. The van der Waals surface area contributed by atoms with E-state index in [-0.39, 0.29) is 0 Å². The summed E-state index contributed by atoms with van der Waals surface area (Å²) in [7, 11) is 0. The normalized spacial score (nSPS) is 10.5. The minimum absolute atomic E-state index is 0.600. The fourth-order valence-corrected chi connectivity index (χ4v) is 2.70. The Hall–Kier alpha value is -1.07. The fraction of sp³-hybridized carbons (Fsp3) is 0. The molecule has 0 spiro atoms. The molecule has 0 aliphatic rings. The molecule has 0 aromatic heterocycles. The van der Waals surface area contributed by atoms with Crippen LogP contribution in [0.5, 0.6) is 0 Å². The Morgan fingerprint density at radius 3 is 2.47 bits per heavy atom. The predicted molar refractivity (Wildman–Crippen MR) is 69.0 cm³/mol. The SMILES string of the molecule is Nc1ccc(Br)cc1Sc1ccc(F)c(F)c1. The summed E-state index contributed by atoms with van der Waals surface area (Å²) in [4.78, 5) is 1.40. The van der Waals surface area contributed by atoms with Gasteiger partial charge in [-0.05, 0) is 36.4 Å². The van der Waals surface area contributed by atoms with Gasteiger partial charge >= 0.3 is 0 Å². The molecule has 0 unspecified atom stereocenters. The van der Waals surface area contributed by atoms with Gasteiger partial charge in [0.1, 0.15) is 0 Å². The number of anilines is 1. The molecular weight excluding hydrogens is 308 g/mol. The zero-order chi connectivity index (χ0) is 12.4. The van der Waals surface area contributed by atoms with Gasteiger partial charge in [0.25, 0.3) is 0 Å². The summed E-state index contributed by atoms with van der Waals surface area (Å²) in [6.07, 6.45) is 0. The predicted octanol–water partition coefficient (Wildman–Crippen LogP) is 4.46. The van der Waals surface area contributed by atoms with Gasteiger partial charge in [-0.1, -0.05) is 27.7 Å². The van der Waals surface area contributed by atoms with Crippen LogP contribution in [0.25, 0.3) is 0 Å². The van der Waals surface area contributed by atoms with Crippen LogP contribution < -0.4 is 5.73 Å². The molecular formula is C12H8BrF2NS. The summed E-state index contributed by atoms with van der Waals surface area (Å²) >= 11 is 4.62. The Morgan fingerprint density at radius 1 is 1.00 bits per heavy atom. The van der Waals surface area contributed by atoms with Crippen LogP contribution in [0.3, 0.4) is 0 Å². The number of hydrogen-bond donors (Lipinski definition) is 1. The van der Waals surface area contributed by atoms with Gasteiger partial charge in [0.15, 0.2) is 11.6 Å². The van der Waals surface area contributed by atoms with E-state index < -0.39 is 11.6 Å². The average molecular weight is 316 g/mol. The van der Waals surface area contributed by atoms with Gasteiger partial charge in [-0.15, -0.1) is 0 Å². The summed E-state index contributed by atoms with van der Waals surface area (Å²) in [5.41, 5.74) is 6.40. The highest BCUT2D eigenvalue weighted by Crippen LogP contribution is 2.34. The molecule has 0 aliphatic carbocycles. The molecule has 17 heavy (non-hydrogen) atoms. The van der Waals surface area contributed by atoms with E-state index in [1.165, 1.54) is 17.8 Å². The van der Waals surface area contributed by atoms with E-state index in [4.69, 9.17) is 5.73 Å².